The number of benzene rings is 2. The van der Waals surface area contributed by atoms with E-state index in [0.717, 1.165) is 43.0 Å². The van der Waals surface area contributed by atoms with Gasteiger partial charge in [-0.1, -0.05) is 47.5 Å². The summed E-state index contributed by atoms with van der Waals surface area (Å²) in [5, 5.41) is 12.8. The summed E-state index contributed by atoms with van der Waals surface area (Å²) in [6.07, 6.45) is 1.50. The summed E-state index contributed by atoms with van der Waals surface area (Å²) >= 11 is 12.0. The molecule has 0 saturated carbocycles. The Morgan fingerprint density at radius 2 is 1.70 bits per heavy atom. The van der Waals surface area contributed by atoms with Gasteiger partial charge in [-0.05, 0) is 55.7 Å². The fraction of sp³-hybridized carbons (Fsp3) is 0.261. The van der Waals surface area contributed by atoms with E-state index in [9.17, 15) is 4.79 Å². The lowest BCUT2D eigenvalue weighted by molar-refractivity contribution is -0.120. The zero-order chi connectivity index (χ0) is 21.1. The fourth-order valence-corrected chi connectivity index (χ4v) is 4.26. The molecule has 1 amide bonds. The molecule has 0 bridgehead atoms. The first kappa shape index (κ1) is 20.6. The lowest BCUT2D eigenvalue weighted by Crippen LogP contribution is -2.38. The zero-order valence-electron chi connectivity index (χ0n) is 16.6. The highest BCUT2D eigenvalue weighted by atomic mass is 35.5. The number of hydrogen-bond acceptors (Lipinski definition) is 4. The van der Waals surface area contributed by atoms with Gasteiger partial charge in [0.1, 0.15) is 0 Å². The average Bonchev–Trinajstić information content (AvgIpc) is 2.74. The molecule has 0 radical (unpaired) electrons. The Balaban J connectivity index is 1.36. The molecular weight excluding hydrogens is 419 g/mol. The Morgan fingerprint density at radius 1 is 1.00 bits per heavy atom. The summed E-state index contributed by atoms with van der Waals surface area (Å²) < 4.78 is 0. The molecule has 0 unspecified atom stereocenters. The summed E-state index contributed by atoms with van der Waals surface area (Å²) in [5.74, 6) is 0.778. The molecule has 1 aliphatic rings. The van der Waals surface area contributed by atoms with Crippen LogP contribution in [0.4, 0.5) is 11.5 Å². The summed E-state index contributed by atoms with van der Waals surface area (Å²) in [5.41, 5.74) is 3.75. The molecule has 2 aromatic carbocycles. The van der Waals surface area contributed by atoms with Gasteiger partial charge in [0.05, 0.1) is 5.69 Å². The van der Waals surface area contributed by atoms with Gasteiger partial charge in [0.2, 0.25) is 5.91 Å². The van der Waals surface area contributed by atoms with Gasteiger partial charge < -0.3 is 10.2 Å². The standard InChI is InChI=1S/C23H22Cl2N4O/c1-15-4-2-3-5-20(15)21-6-7-22(28-27-21)29-10-8-16(9-11-29)23(30)26-19-13-17(24)12-18(25)14-19/h2-7,12-14,16H,8-11H2,1H3,(H,26,30). The maximum atomic E-state index is 12.6. The Labute approximate surface area is 186 Å². The molecular formula is C23H22Cl2N4O. The Kier molecular flexibility index (Phi) is 6.21. The predicted molar refractivity (Wildman–Crippen MR) is 122 cm³/mol. The van der Waals surface area contributed by atoms with Gasteiger partial charge in [-0.15, -0.1) is 10.2 Å². The third kappa shape index (κ3) is 4.74. The number of anilines is 2. The van der Waals surface area contributed by atoms with Crippen LogP contribution in [0.3, 0.4) is 0 Å². The highest BCUT2D eigenvalue weighted by Crippen LogP contribution is 2.27. The van der Waals surface area contributed by atoms with Crippen molar-refractivity contribution in [2.75, 3.05) is 23.3 Å². The van der Waals surface area contributed by atoms with Crippen molar-refractivity contribution in [2.45, 2.75) is 19.8 Å². The summed E-state index contributed by atoms with van der Waals surface area (Å²) in [4.78, 5) is 14.8. The van der Waals surface area contributed by atoms with Crippen molar-refractivity contribution in [3.05, 3.63) is 70.2 Å². The van der Waals surface area contributed by atoms with Gasteiger partial charge in [-0.2, -0.15) is 0 Å². The van der Waals surface area contributed by atoms with Crippen molar-refractivity contribution >= 4 is 40.6 Å². The van der Waals surface area contributed by atoms with Gasteiger partial charge in [-0.25, -0.2) is 0 Å². The Morgan fingerprint density at radius 3 is 2.33 bits per heavy atom. The molecule has 30 heavy (non-hydrogen) atoms. The quantitative estimate of drug-likeness (QED) is 0.572. The minimum absolute atomic E-state index is 0.00558. The number of halogens is 2. The van der Waals surface area contributed by atoms with Crippen LogP contribution < -0.4 is 10.2 Å². The molecule has 154 valence electrons. The highest BCUT2D eigenvalue weighted by molar-refractivity contribution is 6.35. The van der Waals surface area contributed by atoms with Crippen molar-refractivity contribution in [2.24, 2.45) is 5.92 Å². The van der Waals surface area contributed by atoms with Gasteiger partial charge in [-0.3, -0.25) is 4.79 Å². The fourth-order valence-electron chi connectivity index (χ4n) is 3.74. The second-order valence-corrected chi connectivity index (χ2v) is 8.37. The number of aromatic nitrogens is 2. The third-order valence-electron chi connectivity index (χ3n) is 5.39. The van der Waals surface area contributed by atoms with Gasteiger partial charge in [0.15, 0.2) is 5.82 Å². The second kappa shape index (κ2) is 9.02. The topological polar surface area (TPSA) is 58.1 Å². The first-order valence-corrected chi connectivity index (χ1v) is 10.7. The van der Waals surface area contributed by atoms with Crippen LogP contribution in [0.2, 0.25) is 10.0 Å². The summed E-state index contributed by atoms with van der Waals surface area (Å²) in [6, 6.07) is 17.2. The first-order valence-electron chi connectivity index (χ1n) is 9.91. The third-order valence-corrected chi connectivity index (χ3v) is 5.83. The number of nitrogens with one attached hydrogen (secondary N) is 1. The molecule has 3 aromatic rings. The SMILES string of the molecule is Cc1ccccc1-c1ccc(N2CCC(C(=O)Nc3cc(Cl)cc(Cl)c3)CC2)nn1. The Bertz CT molecular complexity index is 1030. The normalized spacial score (nSPS) is 14.6. The van der Waals surface area contributed by atoms with Crippen LogP contribution in [0.1, 0.15) is 18.4 Å². The van der Waals surface area contributed by atoms with Gasteiger partial charge >= 0.3 is 0 Å². The van der Waals surface area contributed by atoms with Crippen molar-refractivity contribution in [3.63, 3.8) is 0 Å². The lowest BCUT2D eigenvalue weighted by Gasteiger charge is -2.31. The maximum Gasteiger partial charge on any atom is 0.227 e. The van der Waals surface area contributed by atoms with Crippen molar-refractivity contribution in [1.29, 1.82) is 0 Å². The number of carbonyl (C=O) groups is 1. The van der Waals surface area contributed by atoms with Gasteiger partial charge in [0.25, 0.3) is 0 Å². The number of carbonyl (C=O) groups excluding carboxylic acids is 1. The molecule has 2 heterocycles. The van der Waals surface area contributed by atoms with E-state index < -0.39 is 0 Å². The van der Waals surface area contributed by atoms with E-state index in [2.05, 4.69) is 39.5 Å². The molecule has 1 aromatic heterocycles. The van der Waals surface area contributed by atoms with E-state index in [-0.39, 0.29) is 11.8 Å². The maximum absolute atomic E-state index is 12.6. The number of nitrogens with zero attached hydrogens (tertiary/aromatic N) is 3. The Hall–Kier alpha value is -2.63. The van der Waals surface area contributed by atoms with Gasteiger partial charge in [0, 0.05) is 40.3 Å². The first-order chi connectivity index (χ1) is 14.5. The van der Waals surface area contributed by atoms with Crippen molar-refractivity contribution in [1.82, 2.24) is 10.2 Å². The van der Waals surface area contributed by atoms with E-state index in [1.807, 2.05) is 24.3 Å². The number of aryl methyl sites for hydroxylation is 1. The van der Waals surface area contributed by atoms with Crippen LogP contribution in [0.25, 0.3) is 11.3 Å². The molecule has 0 spiro atoms. The van der Waals surface area contributed by atoms with Crippen LogP contribution in [-0.2, 0) is 4.79 Å². The van der Waals surface area contributed by atoms with E-state index in [0.29, 0.717) is 15.7 Å². The molecule has 5 nitrogen and oxygen atoms in total. The van der Waals surface area contributed by atoms with Crippen LogP contribution >= 0.6 is 23.2 Å². The van der Waals surface area contributed by atoms with Crippen LogP contribution in [0.15, 0.2) is 54.6 Å². The summed E-state index contributed by atoms with van der Waals surface area (Å²) in [7, 11) is 0. The molecule has 4 rings (SSSR count). The molecule has 0 aliphatic carbocycles. The zero-order valence-corrected chi connectivity index (χ0v) is 18.1. The smallest absolute Gasteiger partial charge is 0.227 e. The number of rotatable bonds is 4. The highest BCUT2D eigenvalue weighted by Gasteiger charge is 2.26. The lowest BCUT2D eigenvalue weighted by atomic mass is 9.95. The molecule has 1 aliphatic heterocycles. The molecule has 7 heteroatoms. The average molecular weight is 441 g/mol. The largest absolute Gasteiger partial charge is 0.355 e. The number of amides is 1. The van der Waals surface area contributed by atoms with Crippen LogP contribution in [-0.4, -0.2) is 29.2 Å². The molecule has 1 saturated heterocycles. The predicted octanol–water partition coefficient (Wildman–Crippen LogP) is 5.61. The van der Waals surface area contributed by atoms with Crippen LogP contribution in [0.5, 0.6) is 0 Å². The van der Waals surface area contributed by atoms with Crippen molar-refractivity contribution < 1.29 is 4.79 Å². The number of hydrogen-bond donors (Lipinski definition) is 1. The monoisotopic (exact) mass is 440 g/mol. The molecule has 1 fully saturated rings. The second-order valence-electron chi connectivity index (χ2n) is 7.50. The minimum atomic E-state index is -0.0572. The van der Waals surface area contributed by atoms with Crippen LogP contribution in [0, 0.1) is 12.8 Å². The van der Waals surface area contributed by atoms with E-state index in [1.165, 1.54) is 5.56 Å². The summed E-state index contributed by atoms with van der Waals surface area (Å²) in [6.45, 7) is 3.58. The molecule has 0 atom stereocenters. The van der Waals surface area contributed by atoms with Crippen molar-refractivity contribution in [3.8, 4) is 11.3 Å². The minimum Gasteiger partial charge on any atom is -0.355 e. The molecule has 1 N–H and O–H groups in total. The van der Waals surface area contributed by atoms with E-state index in [4.69, 9.17) is 23.2 Å². The number of piperidine rings is 1. The van der Waals surface area contributed by atoms with E-state index in [1.54, 1.807) is 18.2 Å². The van der Waals surface area contributed by atoms with E-state index >= 15 is 0 Å².